The number of furan rings is 1. The lowest BCUT2D eigenvalue weighted by molar-refractivity contribution is 0.286. The third kappa shape index (κ3) is 5.03. The molecule has 0 saturated carbocycles. The molecule has 114 valence electrons. The van der Waals surface area contributed by atoms with E-state index >= 15 is 0 Å². The molecule has 2 rings (SSSR count). The standard InChI is InChI=1S/C18H26N2O/c1-4-9-19-12-17-8-10-21-18(17)14-20(3)13-16-7-5-6-15(2)11-16/h5-8,10-11,19H,4,9,12-14H2,1-3H3. The summed E-state index contributed by atoms with van der Waals surface area (Å²) in [6.45, 7) is 8.02. The molecule has 21 heavy (non-hydrogen) atoms. The van der Waals surface area contributed by atoms with Crippen molar-refractivity contribution in [2.75, 3.05) is 13.6 Å². The van der Waals surface area contributed by atoms with Gasteiger partial charge in [-0.1, -0.05) is 36.8 Å². The molecule has 0 amide bonds. The van der Waals surface area contributed by atoms with E-state index in [1.165, 1.54) is 16.7 Å². The Kier molecular flexibility index (Phi) is 6.03. The molecule has 1 N–H and O–H groups in total. The fraction of sp³-hybridized carbons (Fsp3) is 0.444. The normalized spacial score (nSPS) is 11.2. The molecule has 0 spiro atoms. The second kappa shape index (κ2) is 8.01. The van der Waals surface area contributed by atoms with Gasteiger partial charge < -0.3 is 9.73 Å². The fourth-order valence-electron chi connectivity index (χ4n) is 2.49. The molecule has 1 heterocycles. The Balaban J connectivity index is 1.90. The third-order valence-electron chi connectivity index (χ3n) is 3.53. The van der Waals surface area contributed by atoms with Crippen LogP contribution in [0, 0.1) is 6.92 Å². The highest BCUT2D eigenvalue weighted by molar-refractivity contribution is 5.22. The number of benzene rings is 1. The van der Waals surface area contributed by atoms with E-state index < -0.39 is 0 Å². The maximum absolute atomic E-state index is 5.65. The van der Waals surface area contributed by atoms with Crippen LogP contribution >= 0.6 is 0 Å². The zero-order valence-corrected chi connectivity index (χ0v) is 13.4. The van der Waals surface area contributed by atoms with E-state index in [1.807, 2.05) is 0 Å². The van der Waals surface area contributed by atoms with Gasteiger partial charge in [-0.3, -0.25) is 4.90 Å². The zero-order valence-electron chi connectivity index (χ0n) is 13.4. The van der Waals surface area contributed by atoms with Crippen molar-refractivity contribution in [2.45, 2.75) is 39.9 Å². The zero-order chi connectivity index (χ0) is 15.1. The van der Waals surface area contributed by atoms with E-state index in [-0.39, 0.29) is 0 Å². The molecule has 0 aliphatic rings. The van der Waals surface area contributed by atoms with Gasteiger partial charge in [0, 0.05) is 18.7 Å². The van der Waals surface area contributed by atoms with E-state index in [9.17, 15) is 0 Å². The molecule has 1 aromatic carbocycles. The number of hydrogen-bond acceptors (Lipinski definition) is 3. The molecular weight excluding hydrogens is 260 g/mol. The largest absolute Gasteiger partial charge is 0.468 e. The number of aryl methyl sites for hydroxylation is 1. The SMILES string of the molecule is CCCNCc1ccoc1CN(C)Cc1cccc(C)c1. The summed E-state index contributed by atoms with van der Waals surface area (Å²) in [5.41, 5.74) is 3.91. The Morgan fingerprint density at radius 3 is 2.81 bits per heavy atom. The first-order valence-electron chi connectivity index (χ1n) is 7.69. The molecule has 0 aliphatic heterocycles. The van der Waals surface area contributed by atoms with E-state index in [0.717, 1.165) is 38.4 Å². The minimum atomic E-state index is 0.837. The predicted octanol–water partition coefficient (Wildman–Crippen LogP) is 3.72. The molecule has 0 saturated heterocycles. The van der Waals surface area contributed by atoms with Crippen LogP contribution in [0.5, 0.6) is 0 Å². The van der Waals surface area contributed by atoms with E-state index in [2.05, 4.69) is 61.4 Å². The Labute approximate surface area is 128 Å². The fourth-order valence-corrected chi connectivity index (χ4v) is 2.49. The summed E-state index contributed by atoms with van der Waals surface area (Å²) in [4.78, 5) is 2.29. The summed E-state index contributed by atoms with van der Waals surface area (Å²) in [5.74, 6) is 1.06. The predicted molar refractivity (Wildman–Crippen MR) is 87.1 cm³/mol. The maximum atomic E-state index is 5.65. The van der Waals surface area contributed by atoms with Crippen molar-refractivity contribution in [3.8, 4) is 0 Å². The Morgan fingerprint density at radius 1 is 1.19 bits per heavy atom. The van der Waals surface area contributed by atoms with Gasteiger partial charge in [0.05, 0.1) is 12.8 Å². The molecule has 0 fully saturated rings. The Bertz CT molecular complexity index is 548. The maximum Gasteiger partial charge on any atom is 0.122 e. The van der Waals surface area contributed by atoms with Crippen molar-refractivity contribution in [3.63, 3.8) is 0 Å². The van der Waals surface area contributed by atoms with Crippen LogP contribution in [-0.2, 0) is 19.6 Å². The topological polar surface area (TPSA) is 28.4 Å². The van der Waals surface area contributed by atoms with Crippen LogP contribution in [0.15, 0.2) is 41.0 Å². The smallest absolute Gasteiger partial charge is 0.122 e. The minimum absolute atomic E-state index is 0.837. The number of hydrogen-bond donors (Lipinski definition) is 1. The van der Waals surface area contributed by atoms with Gasteiger partial charge in [-0.25, -0.2) is 0 Å². The second-order valence-electron chi connectivity index (χ2n) is 5.71. The average Bonchev–Trinajstić information content (AvgIpc) is 2.86. The average molecular weight is 286 g/mol. The van der Waals surface area contributed by atoms with Gasteiger partial charge in [-0.05, 0) is 38.6 Å². The molecule has 2 aromatic rings. The molecule has 0 atom stereocenters. The lowest BCUT2D eigenvalue weighted by Crippen LogP contribution is -2.19. The third-order valence-corrected chi connectivity index (χ3v) is 3.53. The van der Waals surface area contributed by atoms with Gasteiger partial charge in [-0.15, -0.1) is 0 Å². The van der Waals surface area contributed by atoms with Crippen LogP contribution in [0.3, 0.4) is 0 Å². The lowest BCUT2D eigenvalue weighted by atomic mass is 10.1. The molecule has 1 aromatic heterocycles. The molecule has 3 heteroatoms. The summed E-state index contributed by atoms with van der Waals surface area (Å²) in [7, 11) is 2.13. The van der Waals surface area contributed by atoms with E-state index in [0.29, 0.717) is 0 Å². The minimum Gasteiger partial charge on any atom is -0.468 e. The molecule has 0 aliphatic carbocycles. The van der Waals surface area contributed by atoms with Gasteiger partial charge in [0.1, 0.15) is 5.76 Å². The first-order valence-corrected chi connectivity index (χ1v) is 7.69. The summed E-state index contributed by atoms with van der Waals surface area (Å²) in [6, 6.07) is 10.7. The van der Waals surface area contributed by atoms with Crippen molar-refractivity contribution in [1.82, 2.24) is 10.2 Å². The van der Waals surface area contributed by atoms with Gasteiger partial charge in [0.25, 0.3) is 0 Å². The first-order chi connectivity index (χ1) is 10.2. The van der Waals surface area contributed by atoms with Crippen molar-refractivity contribution >= 4 is 0 Å². The van der Waals surface area contributed by atoms with Crippen molar-refractivity contribution in [1.29, 1.82) is 0 Å². The van der Waals surface area contributed by atoms with E-state index in [4.69, 9.17) is 4.42 Å². The summed E-state index contributed by atoms with van der Waals surface area (Å²) < 4.78 is 5.65. The quantitative estimate of drug-likeness (QED) is 0.750. The second-order valence-corrected chi connectivity index (χ2v) is 5.71. The number of rotatable bonds is 8. The lowest BCUT2D eigenvalue weighted by Gasteiger charge is -2.16. The summed E-state index contributed by atoms with van der Waals surface area (Å²) in [5, 5.41) is 3.43. The van der Waals surface area contributed by atoms with Crippen molar-refractivity contribution in [3.05, 3.63) is 59.0 Å². The van der Waals surface area contributed by atoms with Crippen LogP contribution < -0.4 is 5.32 Å². The highest BCUT2D eigenvalue weighted by Gasteiger charge is 2.09. The van der Waals surface area contributed by atoms with Gasteiger partial charge in [-0.2, -0.15) is 0 Å². The highest BCUT2D eigenvalue weighted by atomic mass is 16.3. The van der Waals surface area contributed by atoms with E-state index in [1.54, 1.807) is 6.26 Å². The van der Waals surface area contributed by atoms with Crippen LogP contribution in [0.25, 0.3) is 0 Å². The van der Waals surface area contributed by atoms with Crippen LogP contribution in [0.1, 0.15) is 35.8 Å². The summed E-state index contributed by atoms with van der Waals surface area (Å²) >= 11 is 0. The monoisotopic (exact) mass is 286 g/mol. The van der Waals surface area contributed by atoms with Crippen LogP contribution in [-0.4, -0.2) is 18.5 Å². The summed E-state index contributed by atoms with van der Waals surface area (Å²) in [6.07, 6.45) is 2.94. The van der Waals surface area contributed by atoms with Crippen molar-refractivity contribution < 1.29 is 4.42 Å². The number of nitrogens with one attached hydrogen (secondary N) is 1. The number of nitrogens with zero attached hydrogens (tertiary/aromatic N) is 1. The Morgan fingerprint density at radius 2 is 2.05 bits per heavy atom. The highest BCUT2D eigenvalue weighted by Crippen LogP contribution is 2.14. The first kappa shape index (κ1) is 15.8. The molecule has 0 radical (unpaired) electrons. The van der Waals surface area contributed by atoms with Gasteiger partial charge in [0.15, 0.2) is 0 Å². The molecular formula is C18H26N2O. The molecule has 0 bridgehead atoms. The molecule has 3 nitrogen and oxygen atoms in total. The van der Waals surface area contributed by atoms with Crippen LogP contribution in [0.4, 0.5) is 0 Å². The van der Waals surface area contributed by atoms with Crippen LogP contribution in [0.2, 0.25) is 0 Å². The van der Waals surface area contributed by atoms with Gasteiger partial charge in [0.2, 0.25) is 0 Å². The van der Waals surface area contributed by atoms with Crippen molar-refractivity contribution in [2.24, 2.45) is 0 Å². The van der Waals surface area contributed by atoms with Gasteiger partial charge >= 0.3 is 0 Å². The molecule has 0 unspecified atom stereocenters. The Hall–Kier alpha value is -1.58.